The van der Waals surface area contributed by atoms with E-state index in [2.05, 4.69) is 15.6 Å². The van der Waals surface area contributed by atoms with E-state index in [1.54, 1.807) is 24.0 Å². The third-order valence-electron chi connectivity index (χ3n) is 4.05. The van der Waals surface area contributed by atoms with E-state index in [4.69, 9.17) is 11.6 Å². The zero-order valence-electron chi connectivity index (χ0n) is 13.3. The van der Waals surface area contributed by atoms with E-state index in [1.807, 2.05) is 12.1 Å². The van der Waals surface area contributed by atoms with Gasteiger partial charge in [0, 0.05) is 13.1 Å². The summed E-state index contributed by atoms with van der Waals surface area (Å²) in [5, 5.41) is 11.1. The summed E-state index contributed by atoms with van der Waals surface area (Å²) >= 11 is 6.16. The summed E-state index contributed by atoms with van der Waals surface area (Å²) in [5.41, 5.74) is 1.40. The van der Waals surface area contributed by atoms with Crippen molar-refractivity contribution in [2.75, 3.05) is 19.6 Å². The Bertz CT molecular complexity index is 768. The Morgan fingerprint density at radius 3 is 2.67 bits per heavy atom. The Morgan fingerprint density at radius 1 is 1.25 bits per heavy atom. The number of hydrogen-bond donors (Lipinski definition) is 1. The van der Waals surface area contributed by atoms with Gasteiger partial charge in [-0.3, -0.25) is 9.59 Å². The van der Waals surface area contributed by atoms with E-state index in [-0.39, 0.29) is 18.1 Å². The Kier molecular flexibility index (Phi) is 4.80. The van der Waals surface area contributed by atoms with Crippen molar-refractivity contribution in [2.45, 2.75) is 19.8 Å². The first-order chi connectivity index (χ1) is 11.6. The molecule has 1 aliphatic heterocycles. The lowest BCUT2D eigenvalue weighted by Gasteiger charge is -2.15. The molecule has 3 rings (SSSR count). The molecule has 0 atom stereocenters. The first-order valence-corrected chi connectivity index (χ1v) is 8.19. The van der Waals surface area contributed by atoms with Crippen molar-refractivity contribution >= 4 is 23.4 Å². The molecule has 0 radical (unpaired) electrons. The maximum absolute atomic E-state index is 12.3. The van der Waals surface area contributed by atoms with Crippen molar-refractivity contribution in [1.82, 2.24) is 25.2 Å². The minimum atomic E-state index is -0.418. The quantitative estimate of drug-likeness (QED) is 0.910. The Hall–Kier alpha value is -2.41. The summed E-state index contributed by atoms with van der Waals surface area (Å²) in [6.07, 6.45) is 2.04. The number of amides is 2. The van der Waals surface area contributed by atoms with Crippen LogP contribution in [0.3, 0.4) is 0 Å². The highest BCUT2D eigenvalue weighted by molar-refractivity contribution is 6.32. The number of para-hydroxylation sites is 1. The minimum absolute atomic E-state index is 0.0305. The maximum atomic E-state index is 12.3. The largest absolute Gasteiger partial charge is 0.342 e. The third-order valence-corrected chi connectivity index (χ3v) is 4.37. The second kappa shape index (κ2) is 7.00. The normalized spacial score (nSPS) is 14.0. The van der Waals surface area contributed by atoms with Crippen LogP contribution in [0, 0.1) is 6.92 Å². The standard InChI is InChI=1S/C16H18ClN5O2/c1-11-15(16(24)18-10-14(23)21-8-4-5-9-21)19-20-22(11)13-7-3-2-6-12(13)17/h2-3,6-7H,4-5,8-10H2,1H3,(H,18,24). The molecule has 0 aliphatic carbocycles. The van der Waals surface area contributed by atoms with Gasteiger partial charge in [-0.2, -0.15) is 0 Å². The van der Waals surface area contributed by atoms with Crippen LogP contribution in [0.25, 0.3) is 5.69 Å². The van der Waals surface area contributed by atoms with Gasteiger partial charge in [0.25, 0.3) is 5.91 Å². The fourth-order valence-corrected chi connectivity index (χ4v) is 2.93. The summed E-state index contributed by atoms with van der Waals surface area (Å²) in [4.78, 5) is 26.0. The molecule has 0 saturated carbocycles. The van der Waals surface area contributed by atoms with Crippen molar-refractivity contribution in [3.63, 3.8) is 0 Å². The maximum Gasteiger partial charge on any atom is 0.274 e. The van der Waals surface area contributed by atoms with E-state index in [1.165, 1.54) is 4.68 Å². The highest BCUT2D eigenvalue weighted by atomic mass is 35.5. The van der Waals surface area contributed by atoms with Crippen LogP contribution in [0.2, 0.25) is 5.02 Å². The lowest BCUT2D eigenvalue weighted by Crippen LogP contribution is -2.38. The summed E-state index contributed by atoms with van der Waals surface area (Å²) in [6.45, 7) is 3.23. The van der Waals surface area contributed by atoms with Gasteiger partial charge < -0.3 is 10.2 Å². The van der Waals surface area contributed by atoms with Crippen molar-refractivity contribution in [3.8, 4) is 5.69 Å². The zero-order valence-corrected chi connectivity index (χ0v) is 14.1. The molecule has 2 heterocycles. The Balaban J connectivity index is 1.70. The minimum Gasteiger partial charge on any atom is -0.342 e. The van der Waals surface area contributed by atoms with Gasteiger partial charge in [-0.15, -0.1) is 5.10 Å². The third kappa shape index (κ3) is 3.26. The molecule has 1 saturated heterocycles. The lowest BCUT2D eigenvalue weighted by molar-refractivity contribution is -0.129. The van der Waals surface area contributed by atoms with Gasteiger partial charge in [0.15, 0.2) is 5.69 Å². The van der Waals surface area contributed by atoms with Crippen LogP contribution in [-0.4, -0.2) is 51.3 Å². The van der Waals surface area contributed by atoms with Crippen molar-refractivity contribution < 1.29 is 9.59 Å². The Labute approximate surface area is 144 Å². The van der Waals surface area contributed by atoms with E-state index in [9.17, 15) is 9.59 Å². The average Bonchev–Trinajstić information content (AvgIpc) is 3.23. The predicted octanol–water partition coefficient (Wildman–Crippen LogP) is 1.58. The van der Waals surface area contributed by atoms with Gasteiger partial charge in [0.2, 0.25) is 5.91 Å². The zero-order chi connectivity index (χ0) is 17.1. The van der Waals surface area contributed by atoms with E-state index in [0.717, 1.165) is 25.9 Å². The molecule has 2 amide bonds. The summed E-state index contributed by atoms with van der Waals surface area (Å²) < 4.78 is 1.51. The van der Waals surface area contributed by atoms with Gasteiger partial charge in [-0.05, 0) is 31.9 Å². The number of carbonyl (C=O) groups excluding carboxylic acids is 2. The summed E-state index contributed by atoms with van der Waals surface area (Å²) in [5.74, 6) is -0.490. The SMILES string of the molecule is Cc1c(C(=O)NCC(=O)N2CCCC2)nnn1-c1ccccc1Cl. The molecule has 0 spiro atoms. The molecule has 1 aromatic heterocycles. The number of hydrogen-bond acceptors (Lipinski definition) is 4. The number of nitrogens with zero attached hydrogens (tertiary/aromatic N) is 4. The highest BCUT2D eigenvalue weighted by Crippen LogP contribution is 2.21. The van der Waals surface area contributed by atoms with Crippen LogP contribution < -0.4 is 5.32 Å². The van der Waals surface area contributed by atoms with E-state index in [0.29, 0.717) is 16.4 Å². The molecule has 1 aromatic carbocycles. The predicted molar refractivity (Wildman–Crippen MR) is 89.3 cm³/mol. The number of nitrogens with one attached hydrogen (secondary N) is 1. The molecule has 24 heavy (non-hydrogen) atoms. The van der Waals surface area contributed by atoms with Crippen LogP contribution in [0.1, 0.15) is 29.0 Å². The van der Waals surface area contributed by atoms with E-state index < -0.39 is 5.91 Å². The first kappa shape index (κ1) is 16.4. The lowest BCUT2D eigenvalue weighted by atomic mass is 10.3. The second-order valence-corrected chi connectivity index (χ2v) is 6.06. The molecular formula is C16H18ClN5O2. The highest BCUT2D eigenvalue weighted by Gasteiger charge is 2.21. The van der Waals surface area contributed by atoms with Gasteiger partial charge in [0.1, 0.15) is 0 Å². The van der Waals surface area contributed by atoms with Crippen molar-refractivity contribution in [3.05, 3.63) is 40.7 Å². The van der Waals surface area contributed by atoms with Gasteiger partial charge in [-0.25, -0.2) is 4.68 Å². The van der Waals surface area contributed by atoms with Crippen molar-refractivity contribution in [1.29, 1.82) is 0 Å². The van der Waals surface area contributed by atoms with E-state index >= 15 is 0 Å². The molecular weight excluding hydrogens is 330 g/mol. The smallest absolute Gasteiger partial charge is 0.274 e. The first-order valence-electron chi connectivity index (χ1n) is 7.81. The molecule has 1 aliphatic rings. The van der Waals surface area contributed by atoms with Gasteiger partial charge >= 0.3 is 0 Å². The average molecular weight is 348 g/mol. The van der Waals surface area contributed by atoms with Crippen LogP contribution in [0.4, 0.5) is 0 Å². The van der Waals surface area contributed by atoms with Crippen LogP contribution in [0.15, 0.2) is 24.3 Å². The molecule has 126 valence electrons. The fraction of sp³-hybridized carbons (Fsp3) is 0.375. The molecule has 1 N–H and O–H groups in total. The number of aromatic nitrogens is 3. The van der Waals surface area contributed by atoms with Crippen LogP contribution in [0.5, 0.6) is 0 Å². The number of halogens is 1. The Morgan fingerprint density at radius 2 is 1.96 bits per heavy atom. The second-order valence-electron chi connectivity index (χ2n) is 5.66. The monoisotopic (exact) mass is 347 g/mol. The number of likely N-dealkylation sites (tertiary alicyclic amines) is 1. The number of benzene rings is 1. The molecule has 1 fully saturated rings. The van der Waals surface area contributed by atoms with Crippen LogP contribution in [-0.2, 0) is 4.79 Å². The molecule has 0 bridgehead atoms. The molecule has 2 aromatic rings. The number of rotatable bonds is 4. The van der Waals surface area contributed by atoms with Gasteiger partial charge in [0.05, 0.1) is 22.9 Å². The molecule has 8 heteroatoms. The summed E-state index contributed by atoms with van der Waals surface area (Å²) in [7, 11) is 0. The topological polar surface area (TPSA) is 80.1 Å². The van der Waals surface area contributed by atoms with Gasteiger partial charge in [-0.1, -0.05) is 28.9 Å². The number of carbonyl (C=O) groups is 2. The van der Waals surface area contributed by atoms with Crippen molar-refractivity contribution in [2.24, 2.45) is 0 Å². The van der Waals surface area contributed by atoms with Crippen LogP contribution >= 0.6 is 11.6 Å². The molecule has 0 unspecified atom stereocenters. The summed E-state index contributed by atoms with van der Waals surface area (Å²) in [6, 6.07) is 7.18. The molecule has 7 nitrogen and oxygen atoms in total. The fourth-order valence-electron chi connectivity index (χ4n) is 2.71.